The summed E-state index contributed by atoms with van der Waals surface area (Å²) >= 11 is 6.86. The molecule has 20 heavy (non-hydrogen) atoms. The van der Waals surface area contributed by atoms with Crippen LogP contribution in [-0.2, 0) is 6.54 Å². The highest BCUT2D eigenvalue weighted by molar-refractivity contribution is 9.10. The predicted molar refractivity (Wildman–Crippen MR) is 87.3 cm³/mol. The molecule has 0 unspecified atom stereocenters. The van der Waals surface area contributed by atoms with E-state index in [2.05, 4.69) is 37.2 Å². The van der Waals surface area contributed by atoms with Crippen LogP contribution in [0.4, 0.5) is 5.69 Å². The van der Waals surface area contributed by atoms with Gasteiger partial charge in [0.15, 0.2) is 0 Å². The molecule has 3 nitrogen and oxygen atoms in total. The molecule has 0 aliphatic rings. The van der Waals surface area contributed by atoms with Crippen molar-refractivity contribution in [1.29, 1.82) is 0 Å². The van der Waals surface area contributed by atoms with Crippen LogP contribution in [0.5, 0.6) is 0 Å². The zero-order chi connectivity index (χ0) is 14.7. The Morgan fingerprint density at radius 3 is 2.60 bits per heavy atom. The smallest absolute Gasteiger partial charge is 0.335 e. The molecule has 0 aliphatic heterocycles. The predicted octanol–water partition coefficient (Wildman–Crippen LogP) is 4.83. The summed E-state index contributed by atoms with van der Waals surface area (Å²) in [6.45, 7) is 2.66. The molecule has 0 heterocycles. The summed E-state index contributed by atoms with van der Waals surface area (Å²) in [4.78, 5) is 10.9. The fraction of sp³-hybridized carbons (Fsp3) is 0.133. The van der Waals surface area contributed by atoms with Gasteiger partial charge in [-0.15, -0.1) is 0 Å². The highest BCUT2D eigenvalue weighted by Crippen LogP contribution is 2.23. The van der Waals surface area contributed by atoms with E-state index in [-0.39, 0.29) is 5.56 Å². The number of aryl methyl sites for hydroxylation is 1. The lowest BCUT2D eigenvalue weighted by Gasteiger charge is -2.11. The van der Waals surface area contributed by atoms with Crippen molar-refractivity contribution in [3.63, 3.8) is 0 Å². The first kappa shape index (κ1) is 15.1. The highest BCUT2D eigenvalue weighted by Gasteiger charge is 2.07. The van der Waals surface area contributed by atoms with Gasteiger partial charge in [-0.25, -0.2) is 4.79 Å². The number of nitrogens with one attached hydrogen (secondary N) is 1. The number of rotatable bonds is 4. The minimum Gasteiger partial charge on any atom is -0.478 e. The van der Waals surface area contributed by atoms with E-state index in [9.17, 15) is 4.79 Å². The number of halogens is 2. The average Bonchev–Trinajstić information content (AvgIpc) is 2.40. The molecule has 0 saturated heterocycles. The maximum Gasteiger partial charge on any atom is 0.335 e. The monoisotopic (exact) mass is 397 g/mol. The number of hydrogen-bond donors (Lipinski definition) is 2. The van der Waals surface area contributed by atoms with Crippen molar-refractivity contribution < 1.29 is 9.90 Å². The van der Waals surface area contributed by atoms with Crippen molar-refractivity contribution in [3.05, 3.63) is 62.0 Å². The third-order valence-corrected chi connectivity index (χ3v) is 4.20. The van der Waals surface area contributed by atoms with Gasteiger partial charge in [-0.1, -0.05) is 44.0 Å². The number of anilines is 1. The molecule has 104 valence electrons. The SMILES string of the molecule is Cc1ccc(Br)cc1NCc1ccc(C(=O)O)cc1Br. The van der Waals surface area contributed by atoms with Crippen LogP contribution in [0, 0.1) is 6.92 Å². The summed E-state index contributed by atoms with van der Waals surface area (Å²) in [6, 6.07) is 11.1. The Hall–Kier alpha value is -1.33. The van der Waals surface area contributed by atoms with Crippen LogP contribution in [0.15, 0.2) is 45.3 Å². The quantitative estimate of drug-likeness (QED) is 0.775. The molecule has 2 rings (SSSR count). The van der Waals surface area contributed by atoms with Gasteiger partial charge in [-0.2, -0.15) is 0 Å². The number of carbonyl (C=O) groups is 1. The Balaban J connectivity index is 2.15. The average molecular weight is 399 g/mol. The van der Waals surface area contributed by atoms with E-state index in [1.54, 1.807) is 12.1 Å². The topological polar surface area (TPSA) is 49.3 Å². The summed E-state index contributed by atoms with van der Waals surface area (Å²) in [5.41, 5.74) is 3.49. The van der Waals surface area contributed by atoms with Gasteiger partial charge < -0.3 is 10.4 Å². The first-order valence-electron chi connectivity index (χ1n) is 5.99. The number of carboxylic acid groups (broad SMARTS) is 1. The van der Waals surface area contributed by atoms with E-state index in [4.69, 9.17) is 5.11 Å². The molecule has 5 heteroatoms. The molecule has 2 aromatic carbocycles. The van der Waals surface area contributed by atoms with E-state index in [0.717, 1.165) is 25.8 Å². The van der Waals surface area contributed by atoms with E-state index in [0.29, 0.717) is 6.54 Å². The van der Waals surface area contributed by atoms with Crippen molar-refractivity contribution >= 4 is 43.5 Å². The molecule has 0 bridgehead atoms. The molecule has 0 fully saturated rings. The second kappa shape index (κ2) is 6.41. The molecule has 0 aliphatic carbocycles. The summed E-state index contributed by atoms with van der Waals surface area (Å²) in [7, 11) is 0. The maximum atomic E-state index is 10.9. The van der Waals surface area contributed by atoms with Crippen molar-refractivity contribution in [2.75, 3.05) is 5.32 Å². The Labute approximate surface area is 134 Å². The van der Waals surface area contributed by atoms with Crippen molar-refractivity contribution in [2.45, 2.75) is 13.5 Å². The molecule has 2 aromatic rings. The van der Waals surface area contributed by atoms with Crippen LogP contribution >= 0.6 is 31.9 Å². The second-order valence-corrected chi connectivity index (χ2v) is 6.19. The van der Waals surface area contributed by atoms with Gasteiger partial charge in [-0.05, 0) is 42.3 Å². The Morgan fingerprint density at radius 1 is 1.20 bits per heavy atom. The Bertz CT molecular complexity index is 656. The standard InChI is InChI=1S/C15H13Br2NO2/c1-9-2-5-12(16)7-14(9)18-8-11-4-3-10(15(19)20)6-13(11)17/h2-7,18H,8H2,1H3,(H,19,20). The number of carboxylic acids is 1. The summed E-state index contributed by atoms with van der Waals surface area (Å²) in [5, 5.41) is 12.3. The van der Waals surface area contributed by atoms with Crippen molar-refractivity contribution in [1.82, 2.24) is 0 Å². The van der Waals surface area contributed by atoms with Crippen LogP contribution in [-0.4, -0.2) is 11.1 Å². The fourth-order valence-electron chi connectivity index (χ4n) is 1.80. The maximum absolute atomic E-state index is 10.9. The normalized spacial score (nSPS) is 10.3. The van der Waals surface area contributed by atoms with Crippen LogP contribution in [0.1, 0.15) is 21.5 Å². The lowest BCUT2D eigenvalue weighted by Crippen LogP contribution is -2.03. The second-order valence-electron chi connectivity index (χ2n) is 4.42. The first-order valence-corrected chi connectivity index (χ1v) is 7.57. The Morgan fingerprint density at radius 2 is 1.95 bits per heavy atom. The third kappa shape index (κ3) is 3.61. The lowest BCUT2D eigenvalue weighted by atomic mass is 10.1. The van der Waals surface area contributed by atoms with Gasteiger partial charge in [-0.3, -0.25) is 0 Å². The van der Waals surface area contributed by atoms with Crippen molar-refractivity contribution in [2.24, 2.45) is 0 Å². The van der Waals surface area contributed by atoms with E-state index < -0.39 is 5.97 Å². The van der Waals surface area contributed by atoms with E-state index >= 15 is 0 Å². The number of hydrogen-bond acceptors (Lipinski definition) is 2. The van der Waals surface area contributed by atoms with Gasteiger partial charge in [0.2, 0.25) is 0 Å². The van der Waals surface area contributed by atoms with E-state index in [1.807, 2.05) is 31.2 Å². The molecule has 0 amide bonds. The van der Waals surface area contributed by atoms with E-state index in [1.165, 1.54) is 0 Å². The summed E-state index contributed by atoms with van der Waals surface area (Å²) in [5.74, 6) is -0.923. The zero-order valence-corrected chi connectivity index (χ0v) is 14.0. The molecule has 2 N–H and O–H groups in total. The molecular formula is C15H13Br2NO2. The minimum atomic E-state index is -0.923. The van der Waals surface area contributed by atoms with Crippen molar-refractivity contribution in [3.8, 4) is 0 Å². The van der Waals surface area contributed by atoms with Gasteiger partial charge in [0.25, 0.3) is 0 Å². The number of aromatic carboxylic acids is 1. The largest absolute Gasteiger partial charge is 0.478 e. The molecule has 0 saturated carbocycles. The van der Waals surface area contributed by atoms with Crippen LogP contribution in [0.2, 0.25) is 0 Å². The van der Waals surface area contributed by atoms with Gasteiger partial charge in [0, 0.05) is 21.2 Å². The molecule has 0 spiro atoms. The number of benzene rings is 2. The zero-order valence-electron chi connectivity index (χ0n) is 10.8. The van der Waals surface area contributed by atoms with Gasteiger partial charge in [0.1, 0.15) is 0 Å². The van der Waals surface area contributed by atoms with Crippen LogP contribution in [0.3, 0.4) is 0 Å². The van der Waals surface area contributed by atoms with Gasteiger partial charge >= 0.3 is 5.97 Å². The van der Waals surface area contributed by atoms with Gasteiger partial charge in [0.05, 0.1) is 5.56 Å². The van der Waals surface area contributed by atoms with Crippen LogP contribution in [0.25, 0.3) is 0 Å². The molecule has 0 radical (unpaired) electrons. The third-order valence-electron chi connectivity index (χ3n) is 2.97. The Kier molecular flexibility index (Phi) is 4.83. The summed E-state index contributed by atoms with van der Waals surface area (Å²) in [6.07, 6.45) is 0. The van der Waals surface area contributed by atoms with Crippen LogP contribution < -0.4 is 5.32 Å². The molecule has 0 aromatic heterocycles. The molecule has 0 atom stereocenters. The fourth-order valence-corrected chi connectivity index (χ4v) is 2.68. The first-order chi connectivity index (χ1) is 9.47. The minimum absolute atomic E-state index is 0.277. The molecular weight excluding hydrogens is 386 g/mol. The summed E-state index contributed by atoms with van der Waals surface area (Å²) < 4.78 is 1.81. The highest BCUT2D eigenvalue weighted by atomic mass is 79.9. The lowest BCUT2D eigenvalue weighted by molar-refractivity contribution is 0.0697.